The summed E-state index contributed by atoms with van der Waals surface area (Å²) in [5.41, 5.74) is 8.21. The van der Waals surface area contributed by atoms with E-state index < -0.39 is 0 Å². The maximum atomic E-state index is 5.64. The Kier molecular flexibility index (Phi) is 2.07. The molecule has 0 saturated heterocycles. The third-order valence-corrected chi connectivity index (χ3v) is 2.77. The average molecular weight is 227 g/mol. The number of nitrogens with two attached hydrogens (primary N) is 1. The lowest BCUT2D eigenvalue weighted by molar-refractivity contribution is 0.766. The van der Waals surface area contributed by atoms with Crippen LogP contribution in [0.5, 0.6) is 0 Å². The molecule has 3 N–H and O–H groups in total. The number of rotatable bonds is 1. The second-order valence-electron chi connectivity index (χ2n) is 3.05. The van der Waals surface area contributed by atoms with E-state index in [0.29, 0.717) is 5.92 Å². The topological polar surface area (TPSA) is 38.0 Å². The molecule has 0 saturated carbocycles. The third kappa shape index (κ3) is 1.23. The third-order valence-electron chi connectivity index (χ3n) is 2.28. The summed E-state index contributed by atoms with van der Waals surface area (Å²) in [4.78, 5) is 0. The lowest BCUT2D eigenvalue weighted by Gasteiger charge is -2.05. The summed E-state index contributed by atoms with van der Waals surface area (Å²) < 4.78 is 1.13. The maximum Gasteiger partial charge on any atom is 0.0377 e. The van der Waals surface area contributed by atoms with Gasteiger partial charge in [-0.05, 0) is 23.8 Å². The highest BCUT2D eigenvalue weighted by atomic mass is 79.9. The van der Waals surface area contributed by atoms with Crippen molar-refractivity contribution < 1.29 is 0 Å². The molecule has 2 rings (SSSR count). The molecule has 64 valence electrons. The maximum absolute atomic E-state index is 5.64. The van der Waals surface area contributed by atoms with Crippen molar-refractivity contribution in [3.8, 4) is 0 Å². The van der Waals surface area contributed by atoms with Crippen LogP contribution in [0.3, 0.4) is 0 Å². The van der Waals surface area contributed by atoms with Gasteiger partial charge in [0.1, 0.15) is 0 Å². The molecule has 1 heterocycles. The van der Waals surface area contributed by atoms with Crippen molar-refractivity contribution in [1.29, 1.82) is 0 Å². The molecule has 1 aromatic carbocycles. The molecule has 1 unspecified atom stereocenters. The molecule has 1 aromatic rings. The number of hydrogen-bond acceptors (Lipinski definition) is 2. The Labute approximate surface area is 80.3 Å². The molecule has 12 heavy (non-hydrogen) atoms. The molecule has 0 aliphatic carbocycles. The molecule has 3 heteroatoms. The zero-order chi connectivity index (χ0) is 8.55. The number of anilines is 1. The van der Waals surface area contributed by atoms with Gasteiger partial charge in [0.05, 0.1) is 0 Å². The number of nitrogens with one attached hydrogen (secondary N) is 1. The summed E-state index contributed by atoms with van der Waals surface area (Å²) in [6.07, 6.45) is 0. The smallest absolute Gasteiger partial charge is 0.0377 e. The molecular weight excluding hydrogens is 216 g/mol. The van der Waals surface area contributed by atoms with Gasteiger partial charge < -0.3 is 11.1 Å². The van der Waals surface area contributed by atoms with Crippen molar-refractivity contribution in [3.05, 3.63) is 28.2 Å². The van der Waals surface area contributed by atoms with Crippen molar-refractivity contribution in [2.75, 3.05) is 18.4 Å². The summed E-state index contributed by atoms with van der Waals surface area (Å²) in [6, 6.07) is 6.28. The summed E-state index contributed by atoms with van der Waals surface area (Å²) >= 11 is 3.45. The minimum atomic E-state index is 0.484. The molecule has 0 spiro atoms. The van der Waals surface area contributed by atoms with E-state index in [4.69, 9.17) is 5.73 Å². The van der Waals surface area contributed by atoms with E-state index in [-0.39, 0.29) is 0 Å². The zero-order valence-electron chi connectivity index (χ0n) is 6.68. The van der Waals surface area contributed by atoms with Crippen LogP contribution in [0.1, 0.15) is 11.5 Å². The van der Waals surface area contributed by atoms with Gasteiger partial charge in [0.15, 0.2) is 0 Å². The Morgan fingerprint density at radius 2 is 2.42 bits per heavy atom. The van der Waals surface area contributed by atoms with E-state index in [2.05, 4.69) is 33.4 Å². The van der Waals surface area contributed by atoms with Crippen LogP contribution >= 0.6 is 15.9 Å². The molecule has 0 radical (unpaired) electrons. The van der Waals surface area contributed by atoms with Crippen molar-refractivity contribution in [3.63, 3.8) is 0 Å². The van der Waals surface area contributed by atoms with Gasteiger partial charge in [-0.3, -0.25) is 0 Å². The second-order valence-corrected chi connectivity index (χ2v) is 3.96. The molecule has 0 bridgehead atoms. The minimum absolute atomic E-state index is 0.484. The van der Waals surface area contributed by atoms with E-state index in [1.54, 1.807) is 0 Å². The summed E-state index contributed by atoms with van der Waals surface area (Å²) in [6.45, 7) is 1.69. The van der Waals surface area contributed by atoms with Gasteiger partial charge in [-0.1, -0.05) is 15.9 Å². The first kappa shape index (κ1) is 8.08. The SMILES string of the molecule is NCC1CNc2ccc(Br)cc21. The highest BCUT2D eigenvalue weighted by molar-refractivity contribution is 9.10. The fourth-order valence-electron chi connectivity index (χ4n) is 1.59. The van der Waals surface area contributed by atoms with Gasteiger partial charge in [-0.15, -0.1) is 0 Å². The van der Waals surface area contributed by atoms with Gasteiger partial charge in [0.2, 0.25) is 0 Å². The molecule has 0 amide bonds. The van der Waals surface area contributed by atoms with E-state index >= 15 is 0 Å². The number of halogens is 1. The predicted octanol–water partition coefficient (Wildman–Crippen LogP) is 1.92. The number of benzene rings is 1. The Bertz CT molecular complexity index is 299. The van der Waals surface area contributed by atoms with Crippen molar-refractivity contribution >= 4 is 21.6 Å². The highest BCUT2D eigenvalue weighted by Crippen LogP contribution is 2.32. The Morgan fingerprint density at radius 1 is 1.58 bits per heavy atom. The van der Waals surface area contributed by atoms with Crippen molar-refractivity contribution in [2.45, 2.75) is 5.92 Å². The monoisotopic (exact) mass is 226 g/mol. The minimum Gasteiger partial charge on any atom is -0.384 e. The molecule has 2 nitrogen and oxygen atoms in total. The molecular formula is C9H11BrN2. The lowest BCUT2D eigenvalue weighted by Crippen LogP contribution is -2.13. The predicted molar refractivity (Wildman–Crippen MR) is 54.4 cm³/mol. The quantitative estimate of drug-likeness (QED) is 0.769. The van der Waals surface area contributed by atoms with Crippen LogP contribution in [0.15, 0.2) is 22.7 Å². The molecule has 0 fully saturated rings. The average Bonchev–Trinajstić information content (AvgIpc) is 2.46. The van der Waals surface area contributed by atoms with E-state index in [1.807, 2.05) is 6.07 Å². The lowest BCUT2D eigenvalue weighted by atomic mass is 10.0. The first-order valence-electron chi connectivity index (χ1n) is 4.04. The first-order chi connectivity index (χ1) is 5.81. The first-order valence-corrected chi connectivity index (χ1v) is 4.84. The van der Waals surface area contributed by atoms with Crippen LogP contribution in [0.2, 0.25) is 0 Å². The second kappa shape index (κ2) is 3.07. The fraction of sp³-hybridized carbons (Fsp3) is 0.333. The van der Waals surface area contributed by atoms with Gasteiger partial charge in [-0.2, -0.15) is 0 Å². The van der Waals surface area contributed by atoms with Crippen LogP contribution in [0.25, 0.3) is 0 Å². The van der Waals surface area contributed by atoms with Gasteiger partial charge in [-0.25, -0.2) is 0 Å². The van der Waals surface area contributed by atoms with Crippen LogP contribution in [-0.2, 0) is 0 Å². The molecule has 1 atom stereocenters. The fourth-order valence-corrected chi connectivity index (χ4v) is 1.96. The van der Waals surface area contributed by atoms with Crippen molar-refractivity contribution in [1.82, 2.24) is 0 Å². The Morgan fingerprint density at radius 3 is 3.17 bits per heavy atom. The van der Waals surface area contributed by atoms with Gasteiger partial charge in [0.25, 0.3) is 0 Å². The molecule has 1 aliphatic heterocycles. The van der Waals surface area contributed by atoms with E-state index in [9.17, 15) is 0 Å². The van der Waals surface area contributed by atoms with Gasteiger partial charge >= 0.3 is 0 Å². The van der Waals surface area contributed by atoms with E-state index in [1.165, 1.54) is 11.3 Å². The summed E-state index contributed by atoms with van der Waals surface area (Å²) in [7, 11) is 0. The highest BCUT2D eigenvalue weighted by Gasteiger charge is 2.20. The van der Waals surface area contributed by atoms with Crippen molar-refractivity contribution in [2.24, 2.45) is 5.73 Å². The van der Waals surface area contributed by atoms with Crippen LogP contribution in [-0.4, -0.2) is 13.1 Å². The Hall–Kier alpha value is -0.540. The summed E-state index contributed by atoms with van der Waals surface area (Å²) in [5, 5.41) is 3.33. The van der Waals surface area contributed by atoms with Crippen LogP contribution < -0.4 is 11.1 Å². The van der Waals surface area contributed by atoms with E-state index in [0.717, 1.165) is 17.6 Å². The van der Waals surface area contributed by atoms with Gasteiger partial charge in [0, 0.05) is 29.2 Å². The number of hydrogen-bond donors (Lipinski definition) is 2. The molecule has 0 aromatic heterocycles. The zero-order valence-corrected chi connectivity index (χ0v) is 8.26. The molecule has 1 aliphatic rings. The number of fused-ring (bicyclic) bond motifs is 1. The van der Waals surface area contributed by atoms with Crippen LogP contribution in [0.4, 0.5) is 5.69 Å². The standard InChI is InChI=1S/C9H11BrN2/c10-7-1-2-9-8(3-7)6(4-11)5-12-9/h1-3,6,12H,4-5,11H2. The van der Waals surface area contributed by atoms with Crippen LogP contribution in [0, 0.1) is 0 Å². The summed E-state index contributed by atoms with van der Waals surface area (Å²) in [5.74, 6) is 0.484. The largest absolute Gasteiger partial charge is 0.384 e. The Balaban J connectivity index is 2.42. The normalized spacial score (nSPS) is 20.3.